The minimum absolute atomic E-state index is 0.0145. The number of nitriles is 2. The second-order valence-electron chi connectivity index (χ2n) is 17.4. The summed E-state index contributed by atoms with van der Waals surface area (Å²) in [7, 11) is 0. The number of hydrogen-bond acceptors (Lipinski definition) is 14. The second kappa shape index (κ2) is 18.7. The van der Waals surface area contributed by atoms with Gasteiger partial charge in [-0.3, -0.25) is 9.59 Å². The Balaban J connectivity index is 0.000000166. The summed E-state index contributed by atoms with van der Waals surface area (Å²) in [6.07, 6.45) is 2.64. The van der Waals surface area contributed by atoms with Gasteiger partial charge in [-0.05, 0) is 111 Å². The molecule has 4 atom stereocenters. The molecule has 2 fully saturated rings. The molecule has 2 aliphatic heterocycles. The largest absolute Gasteiger partial charge is 0.490 e. The predicted molar refractivity (Wildman–Crippen MR) is 249 cm³/mol. The zero-order valence-corrected chi connectivity index (χ0v) is 38.6. The van der Waals surface area contributed by atoms with Crippen molar-refractivity contribution >= 4 is 34.5 Å². The van der Waals surface area contributed by atoms with E-state index in [2.05, 4.69) is 56.8 Å². The normalized spacial score (nSPS) is 19.0. The number of fused-ring (bicyclic) bond motifs is 6. The second-order valence-corrected chi connectivity index (χ2v) is 19.4. The highest BCUT2D eigenvalue weighted by molar-refractivity contribution is 7.18. The third-order valence-electron chi connectivity index (χ3n) is 12.5. The highest BCUT2D eigenvalue weighted by Crippen LogP contribution is 2.51. The number of nitrogens with zero attached hydrogens (tertiary/aromatic N) is 8. The van der Waals surface area contributed by atoms with Gasteiger partial charge < -0.3 is 29.5 Å². The molecular weight excluding hydrogens is 873 g/mol. The van der Waals surface area contributed by atoms with Crippen molar-refractivity contribution in [1.82, 2.24) is 30.2 Å². The molecule has 0 bridgehead atoms. The molecule has 336 valence electrons. The van der Waals surface area contributed by atoms with Crippen molar-refractivity contribution in [3.05, 3.63) is 106 Å². The van der Waals surface area contributed by atoms with Crippen molar-refractivity contribution in [2.45, 2.75) is 77.7 Å². The zero-order chi connectivity index (χ0) is 46.2. The Bertz CT molecular complexity index is 2720. The number of carbonyl (C=O) groups excluding carboxylic acids is 2. The quantitative estimate of drug-likeness (QED) is 0.120. The van der Waals surface area contributed by atoms with E-state index in [1.165, 1.54) is 33.8 Å². The van der Waals surface area contributed by atoms with Crippen LogP contribution in [0, 0.1) is 34.5 Å². The zero-order valence-electron chi connectivity index (χ0n) is 37.0. The summed E-state index contributed by atoms with van der Waals surface area (Å²) in [5.74, 6) is 1.84. The van der Waals surface area contributed by atoms with Crippen LogP contribution in [-0.4, -0.2) is 90.7 Å². The van der Waals surface area contributed by atoms with E-state index in [-0.39, 0.29) is 61.2 Å². The van der Waals surface area contributed by atoms with E-state index in [0.717, 1.165) is 66.3 Å². The Morgan fingerprint density at radius 3 is 1.41 bits per heavy atom. The molecule has 2 saturated heterocycles. The molecule has 0 spiro atoms. The van der Waals surface area contributed by atoms with Crippen LogP contribution >= 0.6 is 22.7 Å². The van der Waals surface area contributed by atoms with Crippen molar-refractivity contribution in [3.63, 3.8) is 0 Å². The topological polar surface area (TPSA) is 199 Å². The summed E-state index contributed by atoms with van der Waals surface area (Å²) in [5.41, 5.74) is 9.41. The van der Waals surface area contributed by atoms with E-state index in [1.807, 2.05) is 73.9 Å². The van der Waals surface area contributed by atoms with Crippen molar-refractivity contribution < 1.29 is 29.3 Å². The molecule has 6 aromatic rings. The maximum atomic E-state index is 12.4. The number of rotatable bonds is 12. The number of β-amino-alcohol motifs (C(OH)–C–C–N with tert-alkyl or cyclic N) is 2. The van der Waals surface area contributed by atoms with Crippen LogP contribution in [0.3, 0.4) is 0 Å². The molecule has 66 heavy (non-hydrogen) atoms. The van der Waals surface area contributed by atoms with Gasteiger partial charge in [-0.15, -0.1) is 20.4 Å². The maximum Gasteiger partial charge on any atom is 0.223 e. The van der Waals surface area contributed by atoms with Crippen LogP contribution in [0.15, 0.2) is 72.8 Å². The van der Waals surface area contributed by atoms with Crippen molar-refractivity contribution in [1.29, 1.82) is 10.5 Å². The number of likely N-dealkylation sites (tertiary alicyclic amines) is 2. The van der Waals surface area contributed by atoms with Gasteiger partial charge in [-0.2, -0.15) is 10.5 Å². The number of carbonyl (C=O) groups is 2. The third kappa shape index (κ3) is 8.42. The Hall–Kier alpha value is -6.56. The van der Waals surface area contributed by atoms with E-state index in [0.29, 0.717) is 48.6 Å². The summed E-state index contributed by atoms with van der Waals surface area (Å²) < 4.78 is 11.4. The Kier molecular flexibility index (Phi) is 12.7. The van der Waals surface area contributed by atoms with E-state index < -0.39 is 0 Å². The summed E-state index contributed by atoms with van der Waals surface area (Å²) >= 11 is 2.98. The van der Waals surface area contributed by atoms with Crippen LogP contribution in [0.1, 0.15) is 86.0 Å². The molecular formula is C50H48N8O6S2. The first kappa shape index (κ1) is 44.6. The summed E-state index contributed by atoms with van der Waals surface area (Å²) in [5, 5.41) is 58.8. The molecule has 2 aromatic heterocycles. The molecule has 4 aliphatic rings. The summed E-state index contributed by atoms with van der Waals surface area (Å²) in [4.78, 5) is 28.4. The van der Waals surface area contributed by atoms with Crippen LogP contribution in [0.2, 0.25) is 0 Å². The van der Waals surface area contributed by atoms with E-state index >= 15 is 0 Å². The SMILES string of the molecule is CC(C)Oc1ccc(-c2nnc(-c3cccc4c3C[C@@H]3CC(=O)N(CCO)[C@H]43)s2)cc1C#N.CC(C)Oc1ccc(-c2nnc(-c3cccc4c3C[C@H]3CC(=O)N(CCO)[C@@H]43)s2)cc1C#N. The fraction of sp³-hybridized carbons (Fsp3) is 0.360. The van der Waals surface area contributed by atoms with Crippen LogP contribution in [0.25, 0.3) is 42.3 Å². The molecule has 10 rings (SSSR count). The molecule has 2 aliphatic carbocycles. The van der Waals surface area contributed by atoms with Gasteiger partial charge in [0.2, 0.25) is 11.8 Å². The highest BCUT2D eigenvalue weighted by Gasteiger charge is 2.47. The van der Waals surface area contributed by atoms with Gasteiger partial charge in [0.25, 0.3) is 0 Å². The monoisotopic (exact) mass is 920 g/mol. The number of aliphatic hydroxyl groups excluding tert-OH is 2. The number of aliphatic hydroxyl groups is 2. The van der Waals surface area contributed by atoms with Crippen molar-refractivity contribution in [2.24, 2.45) is 11.8 Å². The van der Waals surface area contributed by atoms with Gasteiger partial charge >= 0.3 is 0 Å². The molecule has 2 amide bonds. The van der Waals surface area contributed by atoms with Crippen LogP contribution in [0.4, 0.5) is 0 Å². The number of ether oxygens (including phenoxy) is 2. The lowest BCUT2D eigenvalue weighted by Crippen LogP contribution is -2.30. The van der Waals surface area contributed by atoms with E-state index in [9.17, 15) is 30.3 Å². The van der Waals surface area contributed by atoms with E-state index in [1.54, 1.807) is 12.1 Å². The van der Waals surface area contributed by atoms with Crippen LogP contribution in [0.5, 0.6) is 11.5 Å². The first-order valence-electron chi connectivity index (χ1n) is 22.1. The van der Waals surface area contributed by atoms with Crippen molar-refractivity contribution in [3.8, 4) is 65.9 Å². The first-order chi connectivity index (χ1) is 32.0. The minimum atomic E-state index is -0.0323. The highest BCUT2D eigenvalue weighted by atomic mass is 32.1. The smallest absolute Gasteiger partial charge is 0.223 e. The lowest BCUT2D eigenvalue weighted by atomic mass is 10.0. The number of hydrogen-bond donors (Lipinski definition) is 2. The van der Waals surface area contributed by atoms with Gasteiger partial charge in [-0.25, -0.2) is 0 Å². The lowest BCUT2D eigenvalue weighted by molar-refractivity contribution is -0.130. The van der Waals surface area contributed by atoms with Crippen LogP contribution in [-0.2, 0) is 22.4 Å². The number of amides is 2. The fourth-order valence-electron chi connectivity index (χ4n) is 9.94. The molecule has 0 radical (unpaired) electrons. The molecule has 4 aromatic carbocycles. The standard InChI is InChI=1S/2C25H24N4O3S/c2*1-14(2)32-21-7-6-15(10-17(21)13-26)24-27-28-25(33-24)19-5-3-4-18-20(19)11-16-12-22(31)29(8-9-30)23(16)18/h2*3-7,10,14,16,23,30H,8-9,11-12H2,1-2H3/t2*16-,23+/m10/s1. The van der Waals surface area contributed by atoms with E-state index in [4.69, 9.17) is 9.47 Å². The first-order valence-corrected chi connectivity index (χ1v) is 23.8. The third-order valence-corrected chi connectivity index (χ3v) is 14.5. The molecule has 0 unspecified atom stereocenters. The fourth-order valence-corrected chi connectivity index (χ4v) is 11.7. The minimum Gasteiger partial charge on any atom is -0.490 e. The maximum absolute atomic E-state index is 12.4. The average Bonchev–Trinajstić information content (AvgIpc) is 4.17. The van der Waals surface area contributed by atoms with Gasteiger partial charge in [-0.1, -0.05) is 59.1 Å². The van der Waals surface area contributed by atoms with Crippen LogP contribution < -0.4 is 9.47 Å². The average molecular weight is 921 g/mol. The summed E-state index contributed by atoms with van der Waals surface area (Å²) in [6, 6.07) is 27.8. The predicted octanol–water partition coefficient (Wildman–Crippen LogP) is 7.94. The van der Waals surface area contributed by atoms with Crippen molar-refractivity contribution in [2.75, 3.05) is 26.3 Å². The number of aromatic nitrogens is 4. The Morgan fingerprint density at radius 1 is 0.621 bits per heavy atom. The molecule has 16 heteroatoms. The van der Waals surface area contributed by atoms with Gasteiger partial charge in [0.05, 0.1) is 48.6 Å². The number of benzene rings is 4. The molecule has 4 heterocycles. The van der Waals surface area contributed by atoms with Gasteiger partial charge in [0.1, 0.15) is 43.7 Å². The summed E-state index contributed by atoms with van der Waals surface area (Å²) in [6.45, 7) is 8.38. The lowest BCUT2D eigenvalue weighted by Gasteiger charge is -2.24. The van der Waals surface area contributed by atoms with Gasteiger partial charge in [0.15, 0.2) is 0 Å². The molecule has 2 N–H and O–H groups in total. The molecule has 14 nitrogen and oxygen atoms in total. The molecule has 0 saturated carbocycles. The van der Waals surface area contributed by atoms with Gasteiger partial charge in [0, 0.05) is 48.2 Å². The Labute approximate surface area is 390 Å². The Morgan fingerprint density at radius 2 is 1.03 bits per heavy atom.